The van der Waals surface area contributed by atoms with Crippen molar-refractivity contribution in [3.63, 3.8) is 0 Å². The zero-order chi connectivity index (χ0) is 10.9. The minimum absolute atomic E-state index is 0.0261. The maximum absolute atomic E-state index is 11.3. The van der Waals surface area contributed by atoms with Gasteiger partial charge in [0.1, 0.15) is 5.88 Å². The lowest BCUT2D eigenvalue weighted by molar-refractivity contribution is -0.119. The van der Waals surface area contributed by atoms with Crippen molar-refractivity contribution in [1.29, 1.82) is 0 Å². The number of nitrogens with one attached hydrogen (secondary N) is 1. The van der Waals surface area contributed by atoms with E-state index in [1.54, 1.807) is 0 Å². The van der Waals surface area contributed by atoms with Crippen LogP contribution in [0, 0.1) is 0 Å². The van der Waals surface area contributed by atoms with Crippen LogP contribution in [0.5, 0.6) is 0 Å². The van der Waals surface area contributed by atoms with Crippen LogP contribution in [0.15, 0.2) is 28.7 Å². The lowest BCUT2D eigenvalue weighted by Gasteiger charge is -2.17. The van der Waals surface area contributed by atoms with Crippen LogP contribution < -0.4 is 5.32 Å². The normalized spacial score (nSPS) is 17.2. The van der Waals surface area contributed by atoms with Crippen LogP contribution in [0.2, 0.25) is 0 Å². The first-order chi connectivity index (χ1) is 7.16. The molecule has 0 aliphatic heterocycles. The maximum Gasteiger partial charge on any atom is 0.235 e. The van der Waals surface area contributed by atoms with Crippen LogP contribution in [0.4, 0.5) is 0 Å². The van der Waals surface area contributed by atoms with Gasteiger partial charge in [0, 0.05) is 4.47 Å². The second-order valence-electron chi connectivity index (χ2n) is 3.77. The predicted octanol–water partition coefficient (Wildman–Crippen LogP) is 2.79. The first kappa shape index (κ1) is 11.0. The molecule has 0 aromatic heterocycles. The van der Waals surface area contributed by atoms with E-state index in [4.69, 9.17) is 11.6 Å². The molecular formula is C11H11BrClNO. The van der Waals surface area contributed by atoms with Gasteiger partial charge >= 0.3 is 0 Å². The van der Waals surface area contributed by atoms with Crippen molar-refractivity contribution in [3.8, 4) is 0 Å². The molecule has 4 heteroatoms. The summed E-state index contributed by atoms with van der Waals surface area (Å²) in [6.07, 6.45) is 1.99. The molecule has 15 heavy (non-hydrogen) atoms. The van der Waals surface area contributed by atoms with E-state index in [1.165, 1.54) is 0 Å². The summed E-state index contributed by atoms with van der Waals surface area (Å²) < 4.78 is 1.05. The molecule has 1 aromatic rings. The van der Waals surface area contributed by atoms with Gasteiger partial charge in [-0.05, 0) is 30.5 Å². The Balaban J connectivity index is 2.16. The molecule has 0 spiro atoms. The summed E-state index contributed by atoms with van der Waals surface area (Å²) in [7, 11) is 0. The Hall–Kier alpha value is -0.540. The Morgan fingerprint density at radius 2 is 2.00 bits per heavy atom. The summed E-state index contributed by atoms with van der Waals surface area (Å²) >= 11 is 8.87. The molecule has 1 N–H and O–H groups in total. The van der Waals surface area contributed by atoms with E-state index in [1.807, 2.05) is 24.3 Å². The van der Waals surface area contributed by atoms with Crippen molar-refractivity contribution in [3.05, 3.63) is 34.3 Å². The molecule has 0 radical (unpaired) electrons. The van der Waals surface area contributed by atoms with Gasteiger partial charge in [0.15, 0.2) is 0 Å². The van der Waals surface area contributed by atoms with E-state index in [0.717, 1.165) is 22.9 Å². The number of rotatable bonds is 3. The zero-order valence-corrected chi connectivity index (χ0v) is 10.4. The Kier molecular flexibility index (Phi) is 3.03. The van der Waals surface area contributed by atoms with Gasteiger partial charge < -0.3 is 5.32 Å². The molecule has 1 aliphatic rings. The van der Waals surface area contributed by atoms with Crippen molar-refractivity contribution in [2.75, 3.05) is 5.88 Å². The van der Waals surface area contributed by atoms with Gasteiger partial charge in [-0.1, -0.05) is 28.1 Å². The monoisotopic (exact) mass is 287 g/mol. The third kappa shape index (κ3) is 2.34. The Bertz CT molecular complexity index is 373. The third-order valence-electron chi connectivity index (χ3n) is 2.65. The second kappa shape index (κ2) is 4.14. The van der Waals surface area contributed by atoms with Crippen molar-refractivity contribution in [2.24, 2.45) is 0 Å². The number of alkyl halides is 1. The largest absolute Gasteiger partial charge is 0.346 e. The summed E-state index contributed by atoms with van der Waals surface area (Å²) in [5.74, 6) is -0.0739. The maximum atomic E-state index is 11.3. The smallest absolute Gasteiger partial charge is 0.235 e. The number of benzene rings is 1. The summed E-state index contributed by atoms with van der Waals surface area (Å²) in [5, 5.41) is 2.97. The fourth-order valence-corrected chi connectivity index (χ4v) is 2.01. The highest BCUT2D eigenvalue weighted by Crippen LogP contribution is 2.45. The van der Waals surface area contributed by atoms with Crippen LogP contribution in [-0.2, 0) is 10.3 Å². The lowest BCUT2D eigenvalue weighted by Crippen LogP contribution is -2.35. The molecule has 80 valence electrons. The van der Waals surface area contributed by atoms with Gasteiger partial charge in [-0.2, -0.15) is 0 Å². The predicted molar refractivity (Wildman–Crippen MR) is 63.9 cm³/mol. The number of carbonyl (C=O) groups is 1. The summed E-state index contributed by atoms with van der Waals surface area (Å²) in [6.45, 7) is 0. The van der Waals surface area contributed by atoms with Crippen molar-refractivity contribution < 1.29 is 4.79 Å². The molecule has 1 aliphatic carbocycles. The SMILES string of the molecule is O=C(CCl)NC1(c2ccc(Br)cc2)CC1. The number of halogens is 2. The minimum Gasteiger partial charge on any atom is -0.346 e. The highest BCUT2D eigenvalue weighted by Gasteiger charge is 2.45. The molecule has 1 amide bonds. The van der Waals surface area contributed by atoms with E-state index < -0.39 is 0 Å². The van der Waals surface area contributed by atoms with E-state index in [2.05, 4.69) is 21.2 Å². The Morgan fingerprint density at radius 1 is 1.40 bits per heavy atom. The van der Waals surface area contributed by atoms with E-state index in [0.29, 0.717) is 0 Å². The third-order valence-corrected chi connectivity index (χ3v) is 3.42. The fraction of sp³-hybridized carbons (Fsp3) is 0.364. The number of hydrogen-bond donors (Lipinski definition) is 1. The molecular weight excluding hydrogens is 277 g/mol. The molecule has 1 aromatic carbocycles. The summed E-state index contributed by atoms with van der Waals surface area (Å²) in [4.78, 5) is 11.3. The van der Waals surface area contributed by atoms with Gasteiger partial charge in [0.05, 0.1) is 5.54 Å². The summed E-state index contributed by atoms with van der Waals surface area (Å²) in [5.41, 5.74) is 1.01. The first-order valence-electron chi connectivity index (χ1n) is 4.79. The van der Waals surface area contributed by atoms with Crippen molar-refractivity contribution >= 4 is 33.4 Å². The van der Waals surface area contributed by atoms with Crippen LogP contribution >= 0.6 is 27.5 Å². The van der Waals surface area contributed by atoms with Crippen molar-refractivity contribution in [2.45, 2.75) is 18.4 Å². The quantitative estimate of drug-likeness (QED) is 0.852. The Labute approximate surface area is 102 Å². The van der Waals surface area contributed by atoms with Crippen LogP contribution in [0.25, 0.3) is 0 Å². The fourth-order valence-electron chi connectivity index (χ4n) is 1.68. The second-order valence-corrected chi connectivity index (χ2v) is 4.95. The molecule has 0 unspecified atom stereocenters. The number of carbonyl (C=O) groups excluding carboxylic acids is 1. The van der Waals surface area contributed by atoms with Crippen LogP contribution in [-0.4, -0.2) is 11.8 Å². The summed E-state index contributed by atoms with van der Waals surface area (Å²) in [6, 6.07) is 8.04. The molecule has 2 rings (SSSR count). The zero-order valence-electron chi connectivity index (χ0n) is 8.09. The lowest BCUT2D eigenvalue weighted by atomic mass is 10.1. The van der Waals surface area contributed by atoms with Gasteiger partial charge in [-0.25, -0.2) is 0 Å². The molecule has 1 fully saturated rings. The van der Waals surface area contributed by atoms with Gasteiger partial charge in [0.2, 0.25) is 5.91 Å². The van der Waals surface area contributed by atoms with Gasteiger partial charge in [-0.3, -0.25) is 4.79 Å². The highest BCUT2D eigenvalue weighted by molar-refractivity contribution is 9.10. The molecule has 0 atom stereocenters. The number of hydrogen-bond acceptors (Lipinski definition) is 1. The topological polar surface area (TPSA) is 29.1 Å². The number of amides is 1. The van der Waals surface area contributed by atoms with E-state index in [-0.39, 0.29) is 17.3 Å². The van der Waals surface area contributed by atoms with E-state index >= 15 is 0 Å². The van der Waals surface area contributed by atoms with Gasteiger partial charge in [0.25, 0.3) is 0 Å². The molecule has 2 nitrogen and oxygen atoms in total. The highest BCUT2D eigenvalue weighted by atomic mass is 79.9. The average Bonchev–Trinajstić information content (AvgIpc) is 3.00. The first-order valence-corrected chi connectivity index (χ1v) is 6.12. The van der Waals surface area contributed by atoms with Crippen molar-refractivity contribution in [1.82, 2.24) is 5.32 Å². The molecule has 0 saturated heterocycles. The van der Waals surface area contributed by atoms with E-state index in [9.17, 15) is 4.79 Å². The Morgan fingerprint density at radius 3 is 2.47 bits per heavy atom. The van der Waals surface area contributed by atoms with Gasteiger partial charge in [-0.15, -0.1) is 11.6 Å². The molecule has 0 heterocycles. The minimum atomic E-state index is -0.146. The van der Waals surface area contributed by atoms with Crippen LogP contribution in [0.1, 0.15) is 18.4 Å². The van der Waals surface area contributed by atoms with Crippen LogP contribution in [0.3, 0.4) is 0 Å². The average molecular weight is 289 g/mol. The molecule has 1 saturated carbocycles. The standard InChI is InChI=1S/C11H11BrClNO/c12-9-3-1-8(2-4-9)11(5-6-11)14-10(15)7-13/h1-4H,5-7H2,(H,14,15). The molecule has 0 bridgehead atoms.